The lowest BCUT2D eigenvalue weighted by Gasteiger charge is -2.31. The number of rotatable bonds is 3. The fraction of sp³-hybridized carbons (Fsp3) is 0.889. The molecule has 0 aromatic carbocycles. The van der Waals surface area contributed by atoms with Crippen molar-refractivity contribution in [2.75, 3.05) is 13.2 Å². The summed E-state index contributed by atoms with van der Waals surface area (Å²) in [7, 11) is 0. The number of amides is 1. The van der Waals surface area contributed by atoms with Gasteiger partial charge in [0.15, 0.2) is 0 Å². The molecular weight excluding hydrogens is 198 g/mol. The van der Waals surface area contributed by atoms with Crippen LogP contribution in [0.3, 0.4) is 0 Å². The average Bonchev–Trinajstić information content (AvgIpc) is 2.40. The van der Waals surface area contributed by atoms with Gasteiger partial charge in [0, 0.05) is 13.0 Å². The summed E-state index contributed by atoms with van der Waals surface area (Å²) in [6, 6.07) is -0.722. The molecule has 5 N–H and O–H groups in total. The molecule has 6 heteroatoms. The Kier molecular flexibility index (Phi) is 4.46. The topological polar surface area (TPSA) is 98.8 Å². The van der Waals surface area contributed by atoms with Gasteiger partial charge >= 0.3 is 0 Å². The summed E-state index contributed by atoms with van der Waals surface area (Å²) in [5.41, 5.74) is 5.62. The van der Waals surface area contributed by atoms with Crippen molar-refractivity contribution in [3.63, 3.8) is 0 Å². The Bertz CT molecular complexity index is 223. The Morgan fingerprint density at radius 2 is 2.20 bits per heavy atom. The maximum atomic E-state index is 11.1. The Hall–Kier alpha value is -0.690. The highest BCUT2D eigenvalue weighted by Crippen LogP contribution is 2.07. The number of carbonyl (C=O) groups is 1. The highest BCUT2D eigenvalue weighted by atomic mass is 16.3. The zero-order chi connectivity index (χ0) is 11.4. The van der Waals surface area contributed by atoms with Crippen molar-refractivity contribution < 1.29 is 15.0 Å². The van der Waals surface area contributed by atoms with Gasteiger partial charge in [0.25, 0.3) is 0 Å². The van der Waals surface area contributed by atoms with E-state index < -0.39 is 18.4 Å². The summed E-state index contributed by atoms with van der Waals surface area (Å²) in [4.78, 5) is 12.7. The van der Waals surface area contributed by atoms with Gasteiger partial charge in [-0.3, -0.25) is 9.69 Å². The van der Waals surface area contributed by atoms with Gasteiger partial charge in [-0.25, -0.2) is 0 Å². The molecule has 0 bridgehead atoms. The van der Waals surface area contributed by atoms with Crippen LogP contribution in [-0.4, -0.2) is 52.6 Å². The summed E-state index contributed by atoms with van der Waals surface area (Å²) < 4.78 is 0. The molecule has 15 heavy (non-hydrogen) atoms. The first-order chi connectivity index (χ1) is 7.02. The van der Waals surface area contributed by atoms with Crippen molar-refractivity contribution in [1.29, 1.82) is 0 Å². The number of hydrogen-bond donors (Lipinski definition) is 4. The Labute approximate surface area is 89.1 Å². The molecule has 6 nitrogen and oxygen atoms in total. The molecule has 3 unspecified atom stereocenters. The number of aliphatic hydroxyl groups excluding tert-OH is 2. The van der Waals surface area contributed by atoms with E-state index in [1.807, 2.05) is 0 Å². The first-order valence-electron chi connectivity index (χ1n) is 5.15. The van der Waals surface area contributed by atoms with Gasteiger partial charge in [-0.05, 0) is 13.3 Å². The average molecular weight is 217 g/mol. The number of nitrogens with two attached hydrogens (primary N) is 1. The van der Waals surface area contributed by atoms with Crippen LogP contribution in [0.15, 0.2) is 0 Å². The van der Waals surface area contributed by atoms with Crippen molar-refractivity contribution >= 4 is 5.91 Å². The predicted molar refractivity (Wildman–Crippen MR) is 54.6 cm³/mol. The summed E-state index contributed by atoms with van der Waals surface area (Å²) in [6.07, 6.45) is -0.551. The highest BCUT2D eigenvalue weighted by molar-refractivity contribution is 5.75. The zero-order valence-electron chi connectivity index (χ0n) is 8.89. The lowest BCUT2D eigenvalue weighted by atomic mass is 10.1. The second-order valence-electron chi connectivity index (χ2n) is 3.91. The lowest BCUT2D eigenvalue weighted by Crippen LogP contribution is -2.54. The molecule has 0 saturated carbocycles. The Balaban J connectivity index is 2.51. The van der Waals surface area contributed by atoms with E-state index in [4.69, 9.17) is 5.73 Å². The normalized spacial score (nSPS) is 25.2. The Morgan fingerprint density at radius 3 is 2.80 bits per heavy atom. The summed E-state index contributed by atoms with van der Waals surface area (Å²) in [5, 5.41) is 21.7. The van der Waals surface area contributed by atoms with Gasteiger partial charge in [0.2, 0.25) is 5.91 Å². The van der Waals surface area contributed by atoms with Crippen LogP contribution in [0.2, 0.25) is 0 Å². The predicted octanol–water partition coefficient (Wildman–Crippen LogP) is -1.82. The molecule has 0 radical (unpaired) electrons. The Morgan fingerprint density at radius 1 is 1.53 bits per heavy atom. The second-order valence-corrected chi connectivity index (χ2v) is 3.91. The first kappa shape index (κ1) is 12.4. The molecule has 1 aliphatic rings. The van der Waals surface area contributed by atoms with E-state index in [1.165, 1.54) is 6.92 Å². The molecule has 0 aliphatic carbocycles. The van der Waals surface area contributed by atoms with Gasteiger partial charge in [-0.2, -0.15) is 0 Å². The molecule has 1 heterocycles. The molecule has 1 fully saturated rings. The third kappa shape index (κ3) is 3.42. The van der Waals surface area contributed by atoms with Crippen LogP contribution < -0.4 is 11.1 Å². The number of hydrogen-bond acceptors (Lipinski definition) is 5. The van der Waals surface area contributed by atoms with Crippen molar-refractivity contribution in [2.45, 2.75) is 38.1 Å². The largest absolute Gasteiger partial charge is 0.392 e. The van der Waals surface area contributed by atoms with Crippen molar-refractivity contribution in [2.24, 2.45) is 5.73 Å². The molecular formula is C9H19N3O3. The molecule has 88 valence electrons. The minimum Gasteiger partial charge on any atom is -0.392 e. The molecule has 0 spiro atoms. The van der Waals surface area contributed by atoms with E-state index >= 15 is 0 Å². The van der Waals surface area contributed by atoms with Crippen LogP contribution in [0.5, 0.6) is 0 Å². The van der Waals surface area contributed by atoms with E-state index in [1.54, 1.807) is 4.90 Å². The lowest BCUT2D eigenvalue weighted by molar-refractivity contribution is -0.121. The van der Waals surface area contributed by atoms with Gasteiger partial charge in [0.1, 0.15) is 6.23 Å². The van der Waals surface area contributed by atoms with E-state index in [0.29, 0.717) is 19.4 Å². The second kappa shape index (κ2) is 5.41. The zero-order valence-corrected chi connectivity index (χ0v) is 8.89. The third-order valence-electron chi connectivity index (χ3n) is 2.60. The SMILES string of the molecule is CC(O)C(N)C(O)N1CCCC(=O)NC1. The van der Waals surface area contributed by atoms with Crippen LogP contribution >= 0.6 is 0 Å². The fourth-order valence-corrected chi connectivity index (χ4v) is 1.52. The minimum atomic E-state index is -0.927. The van der Waals surface area contributed by atoms with Gasteiger partial charge in [0.05, 0.1) is 18.8 Å². The summed E-state index contributed by atoms with van der Waals surface area (Å²) >= 11 is 0. The fourth-order valence-electron chi connectivity index (χ4n) is 1.52. The van der Waals surface area contributed by atoms with Crippen molar-refractivity contribution in [3.8, 4) is 0 Å². The van der Waals surface area contributed by atoms with Gasteiger partial charge in [-0.1, -0.05) is 0 Å². The van der Waals surface area contributed by atoms with Crippen molar-refractivity contribution in [3.05, 3.63) is 0 Å². The summed E-state index contributed by atoms with van der Waals surface area (Å²) in [6.45, 7) is 2.41. The monoisotopic (exact) mass is 217 g/mol. The van der Waals surface area contributed by atoms with Crippen LogP contribution in [0.25, 0.3) is 0 Å². The summed E-state index contributed by atoms with van der Waals surface area (Å²) in [5.74, 6) is -0.0182. The molecule has 1 rings (SSSR count). The van der Waals surface area contributed by atoms with Crippen molar-refractivity contribution in [1.82, 2.24) is 10.2 Å². The third-order valence-corrected chi connectivity index (χ3v) is 2.60. The number of aliphatic hydroxyl groups is 2. The van der Waals surface area contributed by atoms with Gasteiger partial charge < -0.3 is 21.3 Å². The molecule has 3 atom stereocenters. The number of nitrogens with one attached hydrogen (secondary N) is 1. The smallest absolute Gasteiger partial charge is 0.221 e. The van der Waals surface area contributed by atoms with E-state index in [-0.39, 0.29) is 12.6 Å². The van der Waals surface area contributed by atoms with Crippen LogP contribution in [0.4, 0.5) is 0 Å². The quantitative estimate of drug-likeness (QED) is 0.446. The molecule has 1 aliphatic heterocycles. The maximum absolute atomic E-state index is 11.1. The first-order valence-corrected chi connectivity index (χ1v) is 5.15. The van der Waals surface area contributed by atoms with Crippen LogP contribution in [0, 0.1) is 0 Å². The van der Waals surface area contributed by atoms with E-state index in [9.17, 15) is 15.0 Å². The molecule has 0 aromatic heterocycles. The highest BCUT2D eigenvalue weighted by Gasteiger charge is 2.27. The van der Waals surface area contributed by atoms with E-state index in [2.05, 4.69) is 5.32 Å². The number of nitrogens with zero attached hydrogens (tertiary/aromatic N) is 1. The maximum Gasteiger partial charge on any atom is 0.221 e. The molecule has 1 saturated heterocycles. The van der Waals surface area contributed by atoms with Crippen LogP contribution in [-0.2, 0) is 4.79 Å². The molecule has 1 amide bonds. The van der Waals surface area contributed by atoms with Gasteiger partial charge in [-0.15, -0.1) is 0 Å². The van der Waals surface area contributed by atoms with E-state index in [0.717, 1.165) is 0 Å². The number of carbonyl (C=O) groups excluding carboxylic acids is 1. The van der Waals surface area contributed by atoms with Crippen LogP contribution in [0.1, 0.15) is 19.8 Å². The molecule has 0 aromatic rings. The minimum absolute atomic E-state index is 0.0182. The standard InChI is InChI=1S/C9H19N3O3/c1-6(13)8(10)9(15)12-4-2-3-7(14)11-5-12/h6,8-9,13,15H,2-5,10H2,1H3,(H,11,14).